The Hall–Kier alpha value is -2.29. The zero-order valence-electron chi connectivity index (χ0n) is 15.3. The lowest BCUT2D eigenvalue weighted by Crippen LogP contribution is -2.48. The summed E-state index contributed by atoms with van der Waals surface area (Å²) in [7, 11) is 1.68. The van der Waals surface area contributed by atoms with Gasteiger partial charge in [-0.05, 0) is 49.1 Å². The second-order valence-corrected chi connectivity index (χ2v) is 6.01. The van der Waals surface area contributed by atoms with E-state index in [9.17, 15) is 4.79 Å². The fourth-order valence-electron chi connectivity index (χ4n) is 3.36. The van der Waals surface area contributed by atoms with Crippen LogP contribution in [-0.2, 0) is 16.8 Å². The average Bonchev–Trinajstić information content (AvgIpc) is 2.63. The molecule has 3 heteroatoms. The molecule has 1 atom stereocenters. The second kappa shape index (κ2) is 7.52. The number of hydrogen-bond donors (Lipinski definition) is 0. The van der Waals surface area contributed by atoms with E-state index < -0.39 is 5.54 Å². The minimum absolute atomic E-state index is 0.435. The van der Waals surface area contributed by atoms with Crippen molar-refractivity contribution in [3.63, 3.8) is 0 Å². The van der Waals surface area contributed by atoms with Crippen LogP contribution < -0.4 is 4.74 Å². The quantitative estimate of drug-likeness (QED) is 0.787. The van der Waals surface area contributed by atoms with E-state index in [0.717, 1.165) is 24.1 Å². The first kappa shape index (κ1) is 18.1. The van der Waals surface area contributed by atoms with E-state index in [1.54, 1.807) is 7.11 Å². The van der Waals surface area contributed by atoms with Crippen molar-refractivity contribution in [3.8, 4) is 5.75 Å². The Morgan fingerprint density at radius 3 is 2.38 bits per heavy atom. The van der Waals surface area contributed by atoms with Gasteiger partial charge in [0.05, 0.1) is 12.6 Å². The van der Waals surface area contributed by atoms with E-state index in [0.29, 0.717) is 6.54 Å². The number of benzene rings is 2. The van der Waals surface area contributed by atoms with Crippen LogP contribution in [0.3, 0.4) is 0 Å². The topological polar surface area (TPSA) is 29.5 Å². The van der Waals surface area contributed by atoms with Gasteiger partial charge >= 0.3 is 0 Å². The molecule has 128 valence electrons. The number of rotatable bonds is 3. The first-order chi connectivity index (χ1) is 11.6. The van der Waals surface area contributed by atoms with Crippen LogP contribution in [0.25, 0.3) is 0 Å². The van der Waals surface area contributed by atoms with Crippen molar-refractivity contribution >= 4 is 6.41 Å². The Kier molecular flexibility index (Phi) is 5.66. The Bertz CT molecular complexity index is 693. The van der Waals surface area contributed by atoms with Gasteiger partial charge in [0, 0.05) is 6.54 Å². The van der Waals surface area contributed by atoms with Crippen molar-refractivity contribution in [1.82, 2.24) is 4.90 Å². The molecular weight excluding hydrogens is 298 g/mol. The third-order valence-corrected chi connectivity index (χ3v) is 4.77. The van der Waals surface area contributed by atoms with Gasteiger partial charge in [-0.3, -0.25) is 4.79 Å². The van der Waals surface area contributed by atoms with Gasteiger partial charge < -0.3 is 9.64 Å². The molecule has 3 rings (SSSR count). The molecule has 1 aliphatic rings. The Balaban J connectivity index is 0.00000100. The van der Waals surface area contributed by atoms with Gasteiger partial charge in [-0.15, -0.1) is 0 Å². The zero-order valence-corrected chi connectivity index (χ0v) is 15.3. The minimum atomic E-state index is -0.435. The van der Waals surface area contributed by atoms with Gasteiger partial charge in [-0.25, -0.2) is 0 Å². The molecule has 0 bridgehead atoms. The van der Waals surface area contributed by atoms with E-state index in [2.05, 4.69) is 50.2 Å². The molecule has 0 aliphatic carbocycles. The lowest BCUT2D eigenvalue weighted by Gasteiger charge is -2.44. The smallest absolute Gasteiger partial charge is 0.210 e. The number of fused-ring (bicyclic) bond motifs is 1. The normalized spacial score (nSPS) is 19.0. The number of ether oxygens (including phenoxy) is 1. The van der Waals surface area contributed by atoms with Crippen LogP contribution >= 0.6 is 0 Å². The number of aryl methyl sites for hydroxylation is 1. The SMILES string of the molecule is CC.COc1ccc2c(c1)CCN(C=O)C2(C)c1ccc(C)cc1. The van der Waals surface area contributed by atoms with Gasteiger partial charge in [-0.1, -0.05) is 49.7 Å². The summed E-state index contributed by atoms with van der Waals surface area (Å²) in [6.07, 6.45) is 1.82. The average molecular weight is 325 g/mol. The van der Waals surface area contributed by atoms with E-state index >= 15 is 0 Å². The maximum absolute atomic E-state index is 11.6. The predicted octanol–water partition coefficient (Wildman–Crippen LogP) is 4.31. The molecule has 1 unspecified atom stereocenters. The highest BCUT2D eigenvalue weighted by Crippen LogP contribution is 2.41. The number of amides is 1. The van der Waals surface area contributed by atoms with Gasteiger partial charge in [0.2, 0.25) is 6.41 Å². The van der Waals surface area contributed by atoms with E-state index in [1.807, 2.05) is 24.8 Å². The van der Waals surface area contributed by atoms with Gasteiger partial charge in [0.1, 0.15) is 5.75 Å². The second-order valence-electron chi connectivity index (χ2n) is 6.01. The van der Waals surface area contributed by atoms with Crippen molar-refractivity contribution in [2.75, 3.05) is 13.7 Å². The van der Waals surface area contributed by atoms with Gasteiger partial charge in [0.25, 0.3) is 0 Å². The zero-order chi connectivity index (χ0) is 17.7. The van der Waals surface area contributed by atoms with Crippen LogP contribution in [0.15, 0.2) is 42.5 Å². The Labute approximate surface area is 145 Å². The monoisotopic (exact) mass is 325 g/mol. The van der Waals surface area contributed by atoms with E-state index in [1.165, 1.54) is 16.7 Å². The van der Waals surface area contributed by atoms with E-state index in [-0.39, 0.29) is 0 Å². The molecule has 24 heavy (non-hydrogen) atoms. The van der Waals surface area contributed by atoms with Crippen molar-refractivity contribution < 1.29 is 9.53 Å². The summed E-state index contributed by atoms with van der Waals surface area (Å²) >= 11 is 0. The molecule has 0 N–H and O–H groups in total. The van der Waals surface area contributed by atoms with Crippen molar-refractivity contribution in [2.24, 2.45) is 0 Å². The Morgan fingerprint density at radius 2 is 1.79 bits per heavy atom. The molecule has 0 radical (unpaired) electrons. The molecule has 2 aromatic carbocycles. The highest BCUT2D eigenvalue weighted by atomic mass is 16.5. The number of hydrogen-bond acceptors (Lipinski definition) is 2. The highest BCUT2D eigenvalue weighted by Gasteiger charge is 2.39. The van der Waals surface area contributed by atoms with Crippen molar-refractivity contribution in [3.05, 3.63) is 64.7 Å². The number of nitrogens with zero attached hydrogens (tertiary/aromatic N) is 1. The van der Waals surface area contributed by atoms with Crippen LogP contribution in [0.5, 0.6) is 5.75 Å². The van der Waals surface area contributed by atoms with Crippen LogP contribution in [0.4, 0.5) is 0 Å². The maximum Gasteiger partial charge on any atom is 0.210 e. The van der Waals surface area contributed by atoms with Crippen LogP contribution in [0.1, 0.15) is 43.0 Å². The lowest BCUT2D eigenvalue weighted by molar-refractivity contribution is -0.122. The molecule has 2 aromatic rings. The van der Waals surface area contributed by atoms with Crippen molar-refractivity contribution in [2.45, 2.75) is 39.7 Å². The third-order valence-electron chi connectivity index (χ3n) is 4.77. The molecule has 0 aromatic heterocycles. The summed E-state index contributed by atoms with van der Waals surface area (Å²) in [5.74, 6) is 0.865. The molecule has 0 saturated carbocycles. The van der Waals surface area contributed by atoms with Crippen molar-refractivity contribution in [1.29, 1.82) is 0 Å². The van der Waals surface area contributed by atoms with Crippen LogP contribution in [-0.4, -0.2) is 25.0 Å². The minimum Gasteiger partial charge on any atom is -0.497 e. The summed E-state index contributed by atoms with van der Waals surface area (Å²) < 4.78 is 5.34. The molecular formula is C21H27NO2. The first-order valence-corrected chi connectivity index (χ1v) is 8.56. The molecule has 0 saturated heterocycles. The standard InChI is InChI=1S/C19H21NO2.C2H6/c1-14-4-6-16(7-5-14)19(2)18-9-8-17(22-3)12-15(18)10-11-20(19)13-21;1-2/h4-9,12-13H,10-11H2,1-3H3;1-2H3. The van der Waals surface area contributed by atoms with E-state index in [4.69, 9.17) is 4.74 Å². The molecule has 1 amide bonds. The summed E-state index contributed by atoms with van der Waals surface area (Å²) in [5.41, 5.74) is 4.35. The maximum atomic E-state index is 11.6. The van der Waals surface area contributed by atoms with Gasteiger partial charge in [-0.2, -0.15) is 0 Å². The summed E-state index contributed by atoms with van der Waals surface area (Å²) in [4.78, 5) is 13.5. The predicted molar refractivity (Wildman–Crippen MR) is 98.4 cm³/mol. The molecule has 1 heterocycles. The van der Waals surface area contributed by atoms with Gasteiger partial charge in [0.15, 0.2) is 0 Å². The number of carbonyl (C=O) groups excluding carboxylic acids is 1. The molecule has 3 nitrogen and oxygen atoms in total. The molecule has 1 aliphatic heterocycles. The third kappa shape index (κ3) is 3.03. The Morgan fingerprint density at radius 1 is 1.12 bits per heavy atom. The van der Waals surface area contributed by atoms with Crippen LogP contribution in [0.2, 0.25) is 0 Å². The highest BCUT2D eigenvalue weighted by molar-refractivity contribution is 5.58. The molecule has 0 fully saturated rings. The summed E-state index contributed by atoms with van der Waals surface area (Å²) in [6, 6.07) is 14.6. The van der Waals surface area contributed by atoms with Crippen LogP contribution in [0, 0.1) is 6.92 Å². The number of methoxy groups -OCH3 is 1. The fraction of sp³-hybridized carbons (Fsp3) is 0.381. The fourth-order valence-corrected chi connectivity index (χ4v) is 3.36. The summed E-state index contributed by atoms with van der Waals surface area (Å²) in [5, 5.41) is 0. The summed E-state index contributed by atoms with van der Waals surface area (Å²) in [6.45, 7) is 8.91. The first-order valence-electron chi connectivity index (χ1n) is 8.56. The number of carbonyl (C=O) groups is 1. The largest absolute Gasteiger partial charge is 0.497 e. The lowest BCUT2D eigenvalue weighted by atomic mass is 9.77. The molecule has 0 spiro atoms.